The van der Waals surface area contributed by atoms with Crippen LogP contribution in [0.5, 0.6) is 0 Å². The van der Waals surface area contributed by atoms with Gasteiger partial charge in [0.1, 0.15) is 11.2 Å². The Morgan fingerprint density at radius 3 is 1.89 bits per heavy atom. The topological polar surface area (TPSA) is 21.3 Å². The van der Waals surface area contributed by atoms with Crippen LogP contribution < -0.4 is 4.90 Å². The van der Waals surface area contributed by atoms with E-state index >= 15 is 0 Å². The Morgan fingerprint density at radius 1 is 0.382 bits per heavy atom. The van der Waals surface area contributed by atoms with Gasteiger partial charge >= 0.3 is 0 Å². The molecule has 0 unspecified atom stereocenters. The molecule has 0 amide bonds. The molecule has 0 bridgehead atoms. The molecule has 11 rings (SSSR count). The zero-order valence-electron chi connectivity index (χ0n) is 29.9. The van der Waals surface area contributed by atoms with Crippen molar-refractivity contribution in [2.75, 3.05) is 4.90 Å². The van der Waals surface area contributed by atoms with Crippen LogP contribution in [0.2, 0.25) is 0 Å². The minimum atomic E-state index is 0.865. The number of aromatic nitrogens is 1. The highest BCUT2D eigenvalue weighted by atomic mass is 16.3. The highest BCUT2D eigenvalue weighted by molar-refractivity contribution is 6.25. The van der Waals surface area contributed by atoms with Crippen molar-refractivity contribution in [2.24, 2.45) is 0 Å². The van der Waals surface area contributed by atoms with Crippen LogP contribution >= 0.6 is 0 Å². The lowest BCUT2D eigenvalue weighted by molar-refractivity contribution is 0.669. The molecule has 3 nitrogen and oxygen atoms in total. The third kappa shape index (κ3) is 5.05. The molecular weight excluding hydrogens is 669 g/mol. The molecule has 0 aliphatic carbocycles. The molecule has 0 saturated carbocycles. The summed E-state index contributed by atoms with van der Waals surface area (Å²) in [5.74, 6) is 0. The van der Waals surface area contributed by atoms with E-state index < -0.39 is 0 Å². The number of rotatable bonds is 6. The van der Waals surface area contributed by atoms with E-state index in [2.05, 4.69) is 204 Å². The molecule has 2 heterocycles. The molecule has 0 saturated heterocycles. The highest BCUT2D eigenvalue weighted by Gasteiger charge is 2.22. The lowest BCUT2D eigenvalue weighted by Crippen LogP contribution is -2.11. The summed E-state index contributed by atoms with van der Waals surface area (Å²) in [6.45, 7) is 0. The predicted octanol–water partition coefficient (Wildman–Crippen LogP) is 14.6. The second kappa shape index (κ2) is 12.6. The van der Waals surface area contributed by atoms with E-state index in [9.17, 15) is 0 Å². The molecular formula is C52H34N2O. The Morgan fingerprint density at radius 2 is 1.05 bits per heavy atom. The van der Waals surface area contributed by atoms with Gasteiger partial charge < -0.3 is 13.9 Å². The van der Waals surface area contributed by atoms with E-state index in [0.717, 1.165) is 44.7 Å². The van der Waals surface area contributed by atoms with E-state index in [0.29, 0.717) is 0 Å². The second-order valence-electron chi connectivity index (χ2n) is 14.1. The maximum absolute atomic E-state index is 6.42. The summed E-state index contributed by atoms with van der Waals surface area (Å²) in [7, 11) is 0. The van der Waals surface area contributed by atoms with E-state index in [-0.39, 0.29) is 0 Å². The fourth-order valence-corrected chi connectivity index (χ4v) is 8.55. The molecule has 0 N–H and O–H groups in total. The quantitative estimate of drug-likeness (QED) is 0.172. The van der Waals surface area contributed by atoms with Crippen molar-refractivity contribution in [3.63, 3.8) is 0 Å². The molecule has 0 fully saturated rings. The maximum atomic E-state index is 6.42. The molecule has 258 valence electrons. The van der Waals surface area contributed by atoms with Gasteiger partial charge in [-0.3, -0.25) is 0 Å². The first kappa shape index (κ1) is 31.2. The number of anilines is 3. The van der Waals surface area contributed by atoms with Crippen molar-refractivity contribution in [1.29, 1.82) is 0 Å². The minimum absolute atomic E-state index is 0.865. The van der Waals surface area contributed by atoms with E-state index in [1.54, 1.807) is 0 Å². The first-order chi connectivity index (χ1) is 27.3. The van der Waals surface area contributed by atoms with E-state index in [4.69, 9.17) is 4.42 Å². The Bertz CT molecular complexity index is 3190. The molecule has 55 heavy (non-hydrogen) atoms. The summed E-state index contributed by atoms with van der Waals surface area (Å²) in [5, 5.41) is 7.19. The molecule has 9 aromatic carbocycles. The molecule has 2 aromatic heterocycles. The van der Waals surface area contributed by atoms with Crippen LogP contribution in [0.4, 0.5) is 17.1 Å². The van der Waals surface area contributed by atoms with E-state index in [1.165, 1.54) is 54.8 Å². The molecule has 3 heteroatoms. The second-order valence-corrected chi connectivity index (χ2v) is 14.1. The van der Waals surface area contributed by atoms with Crippen LogP contribution in [-0.4, -0.2) is 4.57 Å². The van der Waals surface area contributed by atoms with Gasteiger partial charge in [0.2, 0.25) is 0 Å². The zero-order valence-corrected chi connectivity index (χ0v) is 29.9. The number of para-hydroxylation sites is 2. The first-order valence-electron chi connectivity index (χ1n) is 18.8. The van der Waals surface area contributed by atoms with Gasteiger partial charge in [0, 0.05) is 33.2 Å². The van der Waals surface area contributed by atoms with Crippen molar-refractivity contribution < 1.29 is 4.42 Å². The van der Waals surface area contributed by atoms with Crippen molar-refractivity contribution in [3.8, 4) is 27.9 Å². The van der Waals surface area contributed by atoms with Gasteiger partial charge in [-0.2, -0.15) is 0 Å². The monoisotopic (exact) mass is 702 g/mol. The van der Waals surface area contributed by atoms with Gasteiger partial charge in [-0.25, -0.2) is 0 Å². The van der Waals surface area contributed by atoms with Crippen LogP contribution in [0, 0.1) is 0 Å². The van der Waals surface area contributed by atoms with Gasteiger partial charge in [-0.1, -0.05) is 146 Å². The number of hydrogen-bond donors (Lipinski definition) is 0. The van der Waals surface area contributed by atoms with Gasteiger partial charge in [0.05, 0.1) is 22.1 Å². The minimum Gasteiger partial charge on any atom is -0.456 e. The van der Waals surface area contributed by atoms with Crippen LogP contribution in [0.15, 0.2) is 211 Å². The molecule has 0 aliphatic heterocycles. The highest BCUT2D eigenvalue weighted by Crippen LogP contribution is 2.45. The molecule has 11 aromatic rings. The Kier molecular flexibility index (Phi) is 7.17. The van der Waals surface area contributed by atoms with Crippen molar-refractivity contribution in [3.05, 3.63) is 206 Å². The number of fused-ring (bicyclic) bond motifs is 8. The largest absolute Gasteiger partial charge is 0.456 e. The SMILES string of the molecule is c1ccc(-c2ccc(N(c3cccc(-n4c5ccccc5c5c6c(-c7ccccc7)cccc6ccc54)c3)c3cccc4oc5ccccc5c34)cc2)cc1. The molecule has 0 atom stereocenters. The van der Waals surface area contributed by atoms with E-state index in [1.807, 2.05) is 12.1 Å². The lowest BCUT2D eigenvalue weighted by Gasteiger charge is -2.27. The van der Waals surface area contributed by atoms with Gasteiger partial charge in [-0.05, 0) is 93.7 Å². The smallest absolute Gasteiger partial charge is 0.137 e. The predicted molar refractivity (Wildman–Crippen MR) is 231 cm³/mol. The molecule has 0 spiro atoms. The van der Waals surface area contributed by atoms with Crippen LogP contribution in [0.3, 0.4) is 0 Å². The summed E-state index contributed by atoms with van der Waals surface area (Å²) >= 11 is 0. The average Bonchev–Trinajstić information content (AvgIpc) is 3.81. The molecule has 0 aliphatic rings. The number of benzene rings is 9. The summed E-state index contributed by atoms with van der Waals surface area (Å²) in [4.78, 5) is 2.37. The summed E-state index contributed by atoms with van der Waals surface area (Å²) < 4.78 is 8.85. The molecule has 0 radical (unpaired) electrons. The summed E-state index contributed by atoms with van der Waals surface area (Å²) in [5.41, 5.74) is 13.2. The van der Waals surface area contributed by atoms with Crippen molar-refractivity contribution >= 4 is 71.6 Å². The number of furan rings is 1. The van der Waals surface area contributed by atoms with Gasteiger partial charge in [0.15, 0.2) is 0 Å². The Hall–Kier alpha value is -7.36. The van der Waals surface area contributed by atoms with Crippen molar-refractivity contribution in [2.45, 2.75) is 0 Å². The fourth-order valence-electron chi connectivity index (χ4n) is 8.55. The fraction of sp³-hybridized carbons (Fsp3) is 0. The first-order valence-corrected chi connectivity index (χ1v) is 18.8. The number of hydrogen-bond acceptors (Lipinski definition) is 2. The third-order valence-corrected chi connectivity index (χ3v) is 11.0. The normalized spacial score (nSPS) is 11.6. The summed E-state index contributed by atoms with van der Waals surface area (Å²) in [6.07, 6.45) is 0. The Labute approximate surface area is 318 Å². The Balaban J connectivity index is 1.15. The van der Waals surface area contributed by atoms with Crippen molar-refractivity contribution in [1.82, 2.24) is 4.57 Å². The van der Waals surface area contributed by atoms with Gasteiger partial charge in [-0.15, -0.1) is 0 Å². The van der Waals surface area contributed by atoms with Crippen LogP contribution in [0.1, 0.15) is 0 Å². The summed E-state index contributed by atoms with van der Waals surface area (Å²) in [6, 6.07) is 73.9. The third-order valence-electron chi connectivity index (χ3n) is 11.0. The van der Waals surface area contributed by atoms with Gasteiger partial charge in [0.25, 0.3) is 0 Å². The standard InChI is InChI=1S/C52H34N2O/c1-3-14-35(15-4-1)36-28-31-39(32-29-36)53(46-25-13-27-49-51(46)44-22-8-10-26-48(44)55-49)40-19-12-20-41(34-40)54-45-24-9-7-21-43(45)52-47(54)33-30-38-18-11-23-42(50(38)52)37-16-5-2-6-17-37/h1-34H. The maximum Gasteiger partial charge on any atom is 0.137 e. The average molecular weight is 703 g/mol. The zero-order chi connectivity index (χ0) is 36.3. The lowest BCUT2D eigenvalue weighted by atomic mass is 9.94. The van der Waals surface area contributed by atoms with Crippen LogP contribution in [-0.2, 0) is 0 Å². The number of nitrogens with zero attached hydrogens (tertiary/aromatic N) is 2. The van der Waals surface area contributed by atoms with Crippen LogP contribution in [0.25, 0.3) is 82.5 Å².